The molecule has 0 spiro atoms. The fraction of sp³-hybridized carbons (Fsp3) is 0.450. The number of carbonyl (C=O) groups is 2. The minimum absolute atomic E-state index is 0.140. The van der Waals surface area contributed by atoms with Gasteiger partial charge in [0.25, 0.3) is 0 Å². The summed E-state index contributed by atoms with van der Waals surface area (Å²) in [5, 5.41) is 0. The van der Waals surface area contributed by atoms with Crippen molar-refractivity contribution in [2.75, 3.05) is 24.8 Å². The molecule has 2 aliphatic heterocycles. The molecule has 1 unspecified atom stereocenters. The lowest BCUT2D eigenvalue weighted by Gasteiger charge is -2.35. The Bertz CT molecular complexity index is 1660. The Hall–Kier alpha value is -3.92. The van der Waals surface area contributed by atoms with Gasteiger partial charge in [0.15, 0.2) is 0 Å². The van der Waals surface area contributed by atoms with Gasteiger partial charge in [0.2, 0.25) is 5.91 Å². The van der Waals surface area contributed by atoms with Crippen LogP contribution in [0.1, 0.15) is 56.9 Å². The lowest BCUT2D eigenvalue weighted by atomic mass is 9.74. The molecule has 2 heterocycles. The van der Waals surface area contributed by atoms with Crippen molar-refractivity contribution in [1.29, 1.82) is 0 Å². The molecule has 2 atom stereocenters. The maximum absolute atomic E-state index is 14.8. The SMILES string of the molecule is C=CC1(c2cc(C[C@H]3COC(C)(C)N3C(=O)OC(C)(C)C)ccc2OCc2ccccc2)C(=O)N(COCC[Si](C)(C)C)c2ccccc21. The van der Waals surface area contributed by atoms with Gasteiger partial charge >= 0.3 is 6.09 Å². The van der Waals surface area contributed by atoms with Gasteiger partial charge in [0, 0.05) is 20.2 Å². The minimum atomic E-state index is -1.31. The summed E-state index contributed by atoms with van der Waals surface area (Å²) in [6.07, 6.45) is 1.80. The molecule has 0 radical (unpaired) electrons. The van der Waals surface area contributed by atoms with Crippen LogP contribution in [-0.4, -0.2) is 62.3 Å². The molecule has 2 amide bonds. The molecule has 0 aromatic heterocycles. The van der Waals surface area contributed by atoms with Crippen LogP contribution in [0.5, 0.6) is 5.75 Å². The average molecular weight is 685 g/mol. The van der Waals surface area contributed by atoms with E-state index in [0.717, 1.165) is 28.4 Å². The van der Waals surface area contributed by atoms with E-state index in [1.54, 1.807) is 15.9 Å². The standard InChI is InChI=1S/C40H52N2O6Si/c1-10-40(32-18-14-15-19-34(32)41(36(40)43)28-45-22-23-49(7,8)9)33-25-30(20-21-35(33)46-26-29-16-12-11-13-17-29)24-31-27-47-39(5,6)42(31)37(44)48-38(2,3)4/h10-21,25,31H,1,22-24,26-28H2,2-9H3/t31-,40?/m0/s1. The number of amides is 2. The number of nitrogens with zero attached hydrogens (tertiary/aromatic N) is 2. The molecule has 1 saturated heterocycles. The van der Waals surface area contributed by atoms with E-state index in [2.05, 4.69) is 26.2 Å². The molecular formula is C40H52N2O6Si. The van der Waals surface area contributed by atoms with Crippen molar-refractivity contribution in [2.24, 2.45) is 0 Å². The van der Waals surface area contributed by atoms with Crippen molar-refractivity contribution in [1.82, 2.24) is 4.90 Å². The fourth-order valence-electron chi connectivity index (χ4n) is 6.57. The van der Waals surface area contributed by atoms with Gasteiger partial charge in [-0.25, -0.2) is 4.79 Å². The monoisotopic (exact) mass is 684 g/mol. The zero-order valence-electron chi connectivity index (χ0n) is 30.4. The zero-order chi connectivity index (χ0) is 35.6. The summed E-state index contributed by atoms with van der Waals surface area (Å²) >= 11 is 0. The molecule has 49 heavy (non-hydrogen) atoms. The van der Waals surface area contributed by atoms with Gasteiger partial charge in [-0.2, -0.15) is 0 Å². The molecule has 3 aromatic rings. The van der Waals surface area contributed by atoms with Gasteiger partial charge in [0.05, 0.1) is 18.3 Å². The van der Waals surface area contributed by atoms with Gasteiger partial charge in [-0.1, -0.05) is 86.4 Å². The van der Waals surface area contributed by atoms with Crippen molar-refractivity contribution < 1.29 is 28.5 Å². The quantitative estimate of drug-likeness (QED) is 0.109. The summed E-state index contributed by atoms with van der Waals surface area (Å²) in [5.74, 6) is 0.447. The third-order valence-electron chi connectivity index (χ3n) is 9.07. The van der Waals surface area contributed by atoms with Crippen molar-refractivity contribution in [3.05, 3.63) is 108 Å². The first-order chi connectivity index (χ1) is 23.1. The Morgan fingerprint density at radius 2 is 1.69 bits per heavy atom. The number of para-hydroxylation sites is 1. The molecule has 0 bridgehead atoms. The van der Waals surface area contributed by atoms with Gasteiger partial charge < -0.3 is 18.9 Å². The normalized spacial score (nSPS) is 20.3. The van der Waals surface area contributed by atoms with Gasteiger partial charge in [0.1, 0.15) is 35.8 Å². The van der Waals surface area contributed by atoms with E-state index >= 15 is 0 Å². The third-order valence-corrected chi connectivity index (χ3v) is 10.8. The van der Waals surface area contributed by atoms with Crippen LogP contribution in [0, 0.1) is 0 Å². The second-order valence-corrected chi connectivity index (χ2v) is 21.3. The highest BCUT2D eigenvalue weighted by atomic mass is 28.3. The lowest BCUT2D eigenvalue weighted by Crippen LogP contribution is -2.50. The molecule has 0 saturated carbocycles. The molecule has 262 valence electrons. The van der Waals surface area contributed by atoms with Crippen LogP contribution in [-0.2, 0) is 37.4 Å². The first kappa shape index (κ1) is 36.4. The Morgan fingerprint density at radius 1 is 1.00 bits per heavy atom. The largest absolute Gasteiger partial charge is 0.489 e. The summed E-state index contributed by atoms with van der Waals surface area (Å²) in [7, 11) is -1.31. The molecular weight excluding hydrogens is 633 g/mol. The van der Waals surface area contributed by atoms with Crippen molar-refractivity contribution in [3.8, 4) is 5.75 Å². The molecule has 0 N–H and O–H groups in total. The van der Waals surface area contributed by atoms with Crippen LogP contribution in [0.4, 0.5) is 10.5 Å². The van der Waals surface area contributed by atoms with E-state index in [0.29, 0.717) is 37.6 Å². The minimum Gasteiger partial charge on any atom is -0.489 e. The first-order valence-corrected chi connectivity index (χ1v) is 20.9. The molecule has 0 aliphatic carbocycles. The van der Waals surface area contributed by atoms with Crippen LogP contribution in [0.2, 0.25) is 25.7 Å². The molecule has 1 fully saturated rings. The molecule has 5 rings (SSSR count). The smallest absolute Gasteiger partial charge is 0.412 e. The second-order valence-electron chi connectivity index (χ2n) is 15.7. The molecule has 3 aromatic carbocycles. The van der Waals surface area contributed by atoms with Gasteiger partial charge in [-0.05, 0) is 75.9 Å². The van der Waals surface area contributed by atoms with E-state index in [9.17, 15) is 9.59 Å². The Kier molecular flexibility index (Phi) is 10.5. The van der Waals surface area contributed by atoms with Gasteiger partial charge in [-0.15, -0.1) is 6.58 Å². The molecule has 9 heteroatoms. The lowest BCUT2D eigenvalue weighted by molar-refractivity contribution is -0.121. The van der Waals surface area contributed by atoms with E-state index in [1.807, 2.05) is 107 Å². The highest BCUT2D eigenvalue weighted by Crippen LogP contribution is 2.50. The highest BCUT2D eigenvalue weighted by molar-refractivity contribution is 6.76. The number of fused-ring (bicyclic) bond motifs is 1. The number of hydrogen-bond donors (Lipinski definition) is 0. The van der Waals surface area contributed by atoms with Crippen LogP contribution in [0.25, 0.3) is 0 Å². The Balaban J connectivity index is 1.54. The number of ether oxygens (including phenoxy) is 4. The fourth-order valence-corrected chi connectivity index (χ4v) is 7.33. The number of hydrogen-bond acceptors (Lipinski definition) is 6. The van der Waals surface area contributed by atoms with Crippen LogP contribution < -0.4 is 9.64 Å². The predicted octanol–water partition coefficient (Wildman–Crippen LogP) is 8.31. The molecule has 8 nitrogen and oxygen atoms in total. The van der Waals surface area contributed by atoms with Crippen LogP contribution in [0.15, 0.2) is 85.5 Å². The van der Waals surface area contributed by atoms with Crippen LogP contribution in [0.3, 0.4) is 0 Å². The van der Waals surface area contributed by atoms with Gasteiger partial charge in [-0.3, -0.25) is 14.6 Å². The second kappa shape index (κ2) is 14.1. The summed E-state index contributed by atoms with van der Waals surface area (Å²) in [5.41, 5.74) is 1.54. The van der Waals surface area contributed by atoms with E-state index in [1.165, 1.54) is 0 Å². The van der Waals surface area contributed by atoms with E-state index in [4.69, 9.17) is 18.9 Å². The topological polar surface area (TPSA) is 77.5 Å². The van der Waals surface area contributed by atoms with Crippen molar-refractivity contribution in [3.63, 3.8) is 0 Å². The number of rotatable bonds is 12. The van der Waals surface area contributed by atoms with Crippen molar-refractivity contribution in [2.45, 2.75) is 96.1 Å². The van der Waals surface area contributed by atoms with Crippen molar-refractivity contribution >= 4 is 25.8 Å². The number of benzene rings is 3. The summed E-state index contributed by atoms with van der Waals surface area (Å²) in [4.78, 5) is 31.6. The van der Waals surface area contributed by atoms with Crippen LogP contribution >= 0.6 is 0 Å². The maximum atomic E-state index is 14.8. The van der Waals surface area contributed by atoms with E-state index < -0.39 is 30.9 Å². The average Bonchev–Trinajstić information content (AvgIpc) is 3.46. The third kappa shape index (κ3) is 7.95. The zero-order valence-corrected chi connectivity index (χ0v) is 31.4. The number of carbonyl (C=O) groups excluding carboxylic acids is 2. The Morgan fingerprint density at radius 3 is 2.37 bits per heavy atom. The summed E-state index contributed by atoms with van der Waals surface area (Å²) in [6.45, 7) is 21.9. The predicted molar refractivity (Wildman–Crippen MR) is 197 cm³/mol. The first-order valence-electron chi connectivity index (χ1n) is 17.1. The summed E-state index contributed by atoms with van der Waals surface area (Å²) in [6, 6.07) is 24.5. The maximum Gasteiger partial charge on any atom is 0.412 e. The Labute approximate surface area is 293 Å². The number of anilines is 1. The summed E-state index contributed by atoms with van der Waals surface area (Å²) < 4.78 is 24.6. The van der Waals surface area contributed by atoms with E-state index in [-0.39, 0.29) is 18.7 Å². The highest BCUT2D eigenvalue weighted by Gasteiger charge is 2.52. The molecule has 2 aliphatic rings.